The zero-order chi connectivity index (χ0) is 19.1. The lowest BCUT2D eigenvalue weighted by molar-refractivity contribution is 0.0968. The normalized spacial score (nSPS) is 16.3. The number of nitrogens with zero attached hydrogens (tertiary/aromatic N) is 7. The van der Waals surface area contributed by atoms with Crippen molar-refractivity contribution in [3.63, 3.8) is 0 Å². The van der Waals surface area contributed by atoms with E-state index in [1.807, 2.05) is 23.6 Å². The van der Waals surface area contributed by atoms with Crippen LogP contribution in [0, 0.1) is 0 Å². The number of rotatable bonds is 4. The number of hydrogen-bond acceptors (Lipinski definition) is 7. The van der Waals surface area contributed by atoms with Crippen LogP contribution in [0.3, 0.4) is 0 Å². The van der Waals surface area contributed by atoms with E-state index in [1.54, 1.807) is 27.3 Å². The minimum absolute atomic E-state index is 0.0360. The van der Waals surface area contributed by atoms with E-state index in [4.69, 9.17) is 0 Å². The third kappa shape index (κ3) is 3.15. The van der Waals surface area contributed by atoms with E-state index in [9.17, 15) is 9.59 Å². The standard InChI is InChI=1S/C18H19N7O2S/c26-16-11-14(19-17-24(16)9-10-28-17)12-21-5-7-22(8-6-21)13-25-18(27)23-4-2-1-3-15(23)20-25/h1-4,9-11H,5-8,12-13H2. The molecule has 4 aromatic heterocycles. The van der Waals surface area contributed by atoms with Gasteiger partial charge >= 0.3 is 5.69 Å². The summed E-state index contributed by atoms with van der Waals surface area (Å²) in [7, 11) is 0. The first-order valence-corrected chi connectivity index (χ1v) is 10.00. The topological polar surface area (TPSA) is 80.2 Å². The molecule has 0 aliphatic carbocycles. The summed E-state index contributed by atoms with van der Waals surface area (Å²) in [6, 6.07) is 7.14. The summed E-state index contributed by atoms with van der Waals surface area (Å²) >= 11 is 1.47. The first-order chi connectivity index (χ1) is 13.7. The second-order valence-electron chi connectivity index (χ2n) is 6.89. The Balaban J connectivity index is 1.24. The minimum Gasteiger partial charge on any atom is -0.295 e. The minimum atomic E-state index is -0.119. The number of aromatic nitrogens is 5. The molecule has 0 saturated carbocycles. The summed E-state index contributed by atoms with van der Waals surface area (Å²) in [4.78, 5) is 34.4. The lowest BCUT2D eigenvalue weighted by atomic mass is 10.3. The molecule has 10 heteroatoms. The molecule has 0 amide bonds. The lowest BCUT2D eigenvalue weighted by Crippen LogP contribution is -2.47. The second kappa shape index (κ2) is 6.97. The Morgan fingerprint density at radius 3 is 2.64 bits per heavy atom. The Bertz CT molecular complexity index is 1250. The van der Waals surface area contributed by atoms with Crippen LogP contribution in [-0.4, -0.2) is 59.5 Å². The van der Waals surface area contributed by atoms with Crippen LogP contribution in [0.15, 0.2) is 51.6 Å². The SMILES string of the molecule is O=c1n(CN2CCN(Cc3cc(=O)n4ccsc4n3)CC2)nc2ccccn12. The third-order valence-corrected chi connectivity index (χ3v) is 5.79. The van der Waals surface area contributed by atoms with Gasteiger partial charge in [0.2, 0.25) is 0 Å². The maximum Gasteiger partial charge on any atom is 0.351 e. The van der Waals surface area contributed by atoms with Crippen molar-refractivity contribution >= 4 is 21.9 Å². The number of hydrogen-bond donors (Lipinski definition) is 0. The van der Waals surface area contributed by atoms with Crippen molar-refractivity contribution in [1.29, 1.82) is 0 Å². The van der Waals surface area contributed by atoms with Gasteiger partial charge in [0.25, 0.3) is 5.56 Å². The largest absolute Gasteiger partial charge is 0.351 e. The fourth-order valence-electron chi connectivity index (χ4n) is 3.54. The highest BCUT2D eigenvalue weighted by Gasteiger charge is 2.19. The summed E-state index contributed by atoms with van der Waals surface area (Å²) in [6.45, 7) is 4.52. The van der Waals surface area contributed by atoms with Crippen molar-refractivity contribution in [3.05, 3.63) is 68.6 Å². The number of piperazine rings is 1. The molecule has 0 radical (unpaired) electrons. The van der Waals surface area contributed by atoms with Crippen LogP contribution in [0.4, 0.5) is 0 Å². The molecule has 5 rings (SSSR count). The number of fused-ring (bicyclic) bond motifs is 2. The molecular weight excluding hydrogens is 378 g/mol. The van der Waals surface area contributed by atoms with E-state index >= 15 is 0 Å². The zero-order valence-corrected chi connectivity index (χ0v) is 16.0. The highest BCUT2D eigenvalue weighted by Crippen LogP contribution is 2.10. The Labute approximate surface area is 163 Å². The molecule has 28 heavy (non-hydrogen) atoms. The molecule has 1 fully saturated rings. The predicted octanol–water partition coefficient (Wildman–Crippen LogP) is 0.341. The molecule has 1 saturated heterocycles. The van der Waals surface area contributed by atoms with Gasteiger partial charge in [-0.15, -0.1) is 16.4 Å². The highest BCUT2D eigenvalue weighted by molar-refractivity contribution is 7.15. The fraction of sp³-hybridized carbons (Fsp3) is 0.333. The van der Waals surface area contributed by atoms with E-state index in [1.165, 1.54) is 16.0 Å². The lowest BCUT2D eigenvalue weighted by Gasteiger charge is -2.34. The van der Waals surface area contributed by atoms with E-state index in [0.717, 1.165) is 36.8 Å². The Morgan fingerprint density at radius 2 is 1.82 bits per heavy atom. The van der Waals surface area contributed by atoms with Crippen LogP contribution in [-0.2, 0) is 13.2 Å². The van der Waals surface area contributed by atoms with Crippen LogP contribution in [0.5, 0.6) is 0 Å². The van der Waals surface area contributed by atoms with E-state index in [0.29, 0.717) is 18.9 Å². The van der Waals surface area contributed by atoms with Crippen LogP contribution in [0.2, 0.25) is 0 Å². The van der Waals surface area contributed by atoms with Crippen LogP contribution in [0.25, 0.3) is 10.6 Å². The zero-order valence-electron chi connectivity index (χ0n) is 15.1. The highest BCUT2D eigenvalue weighted by atomic mass is 32.1. The fourth-order valence-corrected chi connectivity index (χ4v) is 4.28. The van der Waals surface area contributed by atoms with Gasteiger partial charge in [-0.3, -0.25) is 23.4 Å². The van der Waals surface area contributed by atoms with Gasteiger partial charge in [-0.25, -0.2) is 9.78 Å². The van der Waals surface area contributed by atoms with Gasteiger partial charge in [-0.05, 0) is 12.1 Å². The molecular formula is C18H19N7O2S. The molecule has 0 unspecified atom stereocenters. The summed E-state index contributed by atoms with van der Waals surface area (Å²) in [5.41, 5.74) is 1.31. The first kappa shape index (κ1) is 17.3. The molecule has 0 bridgehead atoms. The molecule has 4 aromatic rings. The average Bonchev–Trinajstić information content (AvgIpc) is 3.29. The summed E-state index contributed by atoms with van der Waals surface area (Å²) < 4.78 is 4.64. The van der Waals surface area contributed by atoms with Gasteiger partial charge in [0.1, 0.15) is 0 Å². The van der Waals surface area contributed by atoms with Crippen LogP contribution in [0.1, 0.15) is 5.69 Å². The van der Waals surface area contributed by atoms with Gasteiger partial charge in [-0.1, -0.05) is 6.07 Å². The Morgan fingerprint density at radius 1 is 1.00 bits per heavy atom. The van der Waals surface area contributed by atoms with Crippen LogP contribution < -0.4 is 11.2 Å². The molecule has 0 aromatic carbocycles. The monoisotopic (exact) mass is 397 g/mol. The van der Waals surface area contributed by atoms with Crippen molar-refractivity contribution in [2.45, 2.75) is 13.2 Å². The van der Waals surface area contributed by atoms with Gasteiger partial charge in [-0.2, -0.15) is 4.68 Å². The third-order valence-electron chi connectivity index (χ3n) is 5.03. The van der Waals surface area contributed by atoms with Crippen molar-refractivity contribution in [3.8, 4) is 0 Å². The van der Waals surface area contributed by atoms with Crippen molar-refractivity contribution in [2.75, 3.05) is 26.2 Å². The summed E-state index contributed by atoms with van der Waals surface area (Å²) in [5, 5.41) is 6.26. The number of pyridine rings is 1. The first-order valence-electron chi connectivity index (χ1n) is 9.12. The van der Waals surface area contributed by atoms with E-state index in [-0.39, 0.29) is 11.2 Å². The summed E-state index contributed by atoms with van der Waals surface area (Å²) in [6.07, 6.45) is 3.48. The van der Waals surface area contributed by atoms with Gasteiger partial charge in [0.15, 0.2) is 10.6 Å². The smallest absolute Gasteiger partial charge is 0.295 e. The maximum absolute atomic E-state index is 12.4. The van der Waals surface area contributed by atoms with Crippen molar-refractivity contribution in [2.24, 2.45) is 0 Å². The molecule has 0 spiro atoms. The predicted molar refractivity (Wildman–Crippen MR) is 106 cm³/mol. The van der Waals surface area contributed by atoms with E-state index in [2.05, 4.69) is 19.9 Å². The van der Waals surface area contributed by atoms with Gasteiger partial charge in [0.05, 0.1) is 12.4 Å². The number of thiazole rings is 1. The molecule has 1 aliphatic heterocycles. The molecule has 144 valence electrons. The Kier molecular flexibility index (Phi) is 4.30. The van der Waals surface area contributed by atoms with E-state index < -0.39 is 0 Å². The van der Waals surface area contributed by atoms with Crippen LogP contribution >= 0.6 is 11.3 Å². The molecule has 0 atom stereocenters. The average molecular weight is 397 g/mol. The van der Waals surface area contributed by atoms with Gasteiger partial charge in [0, 0.05) is 56.6 Å². The van der Waals surface area contributed by atoms with Crippen molar-refractivity contribution in [1.82, 2.24) is 33.4 Å². The van der Waals surface area contributed by atoms with Gasteiger partial charge < -0.3 is 0 Å². The maximum atomic E-state index is 12.4. The second-order valence-corrected chi connectivity index (χ2v) is 7.76. The Hall–Kier alpha value is -2.82. The molecule has 9 nitrogen and oxygen atoms in total. The van der Waals surface area contributed by atoms with Crippen molar-refractivity contribution < 1.29 is 0 Å². The molecule has 5 heterocycles. The molecule has 0 N–H and O–H groups in total. The summed E-state index contributed by atoms with van der Waals surface area (Å²) in [5.74, 6) is 0. The molecule has 1 aliphatic rings. The quantitative estimate of drug-likeness (QED) is 0.494.